The third-order valence-electron chi connectivity index (χ3n) is 4.82. The maximum absolute atomic E-state index is 3.85. The van der Waals surface area contributed by atoms with Crippen LogP contribution in [0.1, 0.15) is 74.3 Å². The Hall–Kier alpha value is -0.300. The summed E-state index contributed by atoms with van der Waals surface area (Å²) in [5, 5.41) is 0. The monoisotopic (exact) mass is 306 g/mol. The lowest BCUT2D eigenvalue weighted by atomic mass is 9.78. The lowest BCUT2D eigenvalue weighted by Gasteiger charge is -2.27. The second-order valence-electron chi connectivity index (χ2n) is 6.11. The maximum Gasteiger partial charge on any atom is 0.0151 e. The van der Waals surface area contributed by atoms with E-state index in [1.54, 1.807) is 11.1 Å². The van der Waals surface area contributed by atoms with Gasteiger partial charge in [-0.3, -0.25) is 0 Å². The highest BCUT2D eigenvalue weighted by Gasteiger charge is 2.23. The van der Waals surface area contributed by atoms with Gasteiger partial charge in [-0.2, -0.15) is 0 Å². The van der Waals surface area contributed by atoms with E-state index < -0.39 is 0 Å². The van der Waals surface area contributed by atoms with Crippen molar-refractivity contribution in [2.45, 2.75) is 68.0 Å². The first kappa shape index (κ1) is 12.7. The number of hydrogen-bond donors (Lipinski definition) is 0. The van der Waals surface area contributed by atoms with Gasteiger partial charge >= 0.3 is 0 Å². The summed E-state index contributed by atoms with van der Waals surface area (Å²) in [5.41, 5.74) is 3.21. The fourth-order valence-electron chi connectivity index (χ4n) is 3.41. The summed E-state index contributed by atoms with van der Waals surface area (Å²) in [6, 6.07) is 9.50. The Labute approximate surface area is 119 Å². The molecule has 0 nitrogen and oxygen atoms in total. The quantitative estimate of drug-likeness (QED) is 0.481. The van der Waals surface area contributed by atoms with Crippen molar-refractivity contribution in [3.8, 4) is 0 Å². The first-order valence-corrected chi connectivity index (χ1v) is 8.48. The van der Waals surface area contributed by atoms with Crippen LogP contribution in [0.5, 0.6) is 0 Å². The fraction of sp³-hybridized carbons (Fsp3) is 0.647. The molecule has 0 aliphatic heterocycles. The van der Waals surface area contributed by atoms with Gasteiger partial charge in [-0.15, -0.1) is 0 Å². The molecule has 98 valence electrons. The van der Waals surface area contributed by atoms with Gasteiger partial charge in [-0.25, -0.2) is 0 Å². The maximum atomic E-state index is 3.85. The van der Waals surface area contributed by atoms with E-state index in [1.807, 2.05) is 0 Å². The Bertz CT molecular complexity index is 394. The molecule has 1 aromatic carbocycles. The van der Waals surface area contributed by atoms with Crippen molar-refractivity contribution in [2.24, 2.45) is 0 Å². The molecule has 1 heteroatoms. The Morgan fingerprint density at radius 3 is 2.22 bits per heavy atom. The van der Waals surface area contributed by atoms with Crippen LogP contribution in [-0.2, 0) is 0 Å². The highest BCUT2D eigenvalue weighted by molar-refractivity contribution is 9.09. The molecule has 0 radical (unpaired) electrons. The van der Waals surface area contributed by atoms with Crippen LogP contribution in [0, 0.1) is 0 Å². The molecule has 0 spiro atoms. The van der Waals surface area contributed by atoms with E-state index in [0.717, 1.165) is 16.7 Å². The predicted molar refractivity (Wildman–Crippen MR) is 81.6 cm³/mol. The van der Waals surface area contributed by atoms with Crippen molar-refractivity contribution in [3.63, 3.8) is 0 Å². The van der Waals surface area contributed by atoms with Crippen molar-refractivity contribution in [2.75, 3.05) is 0 Å². The van der Waals surface area contributed by atoms with Gasteiger partial charge in [0.25, 0.3) is 0 Å². The van der Waals surface area contributed by atoms with Gasteiger partial charge in [0.1, 0.15) is 0 Å². The Morgan fingerprint density at radius 2 is 1.50 bits per heavy atom. The van der Waals surface area contributed by atoms with Gasteiger partial charge in [-0.05, 0) is 55.1 Å². The van der Waals surface area contributed by atoms with Crippen molar-refractivity contribution < 1.29 is 0 Å². The van der Waals surface area contributed by atoms with Crippen LogP contribution in [0.15, 0.2) is 24.3 Å². The molecule has 0 amide bonds. The van der Waals surface area contributed by atoms with Crippen LogP contribution < -0.4 is 0 Å². The minimum absolute atomic E-state index is 0.734. The normalized spacial score (nSPS) is 29.6. The summed E-state index contributed by atoms with van der Waals surface area (Å²) >= 11 is 3.85. The first-order chi connectivity index (χ1) is 8.83. The number of alkyl halides is 1. The molecule has 2 unspecified atom stereocenters. The zero-order chi connectivity index (χ0) is 12.4. The molecule has 1 aromatic rings. The van der Waals surface area contributed by atoms with E-state index in [0.29, 0.717) is 0 Å². The summed E-state index contributed by atoms with van der Waals surface area (Å²) in [4.78, 5) is 0.734. The number of benzene rings is 1. The van der Waals surface area contributed by atoms with Gasteiger partial charge in [0.05, 0.1) is 0 Å². The van der Waals surface area contributed by atoms with Gasteiger partial charge < -0.3 is 0 Å². The van der Waals surface area contributed by atoms with E-state index >= 15 is 0 Å². The SMILES string of the molecule is BrC1CCCCC(c2cccc(C3CCC3)c2)C1. The average molecular weight is 307 g/mol. The van der Waals surface area contributed by atoms with Crippen LogP contribution in [0.25, 0.3) is 0 Å². The molecule has 18 heavy (non-hydrogen) atoms. The smallest absolute Gasteiger partial charge is 0.0151 e. The molecule has 0 aromatic heterocycles. The summed E-state index contributed by atoms with van der Waals surface area (Å²) in [6.45, 7) is 0. The van der Waals surface area contributed by atoms with Crippen LogP contribution in [0.4, 0.5) is 0 Å². The standard InChI is InChI=1S/C17H23Br/c18-17-10-2-1-5-16(12-17)15-9-4-8-14(11-15)13-6-3-7-13/h4,8-9,11,13,16-17H,1-3,5-7,10,12H2. The van der Waals surface area contributed by atoms with Crippen molar-refractivity contribution in [1.82, 2.24) is 0 Å². The number of rotatable bonds is 2. The zero-order valence-electron chi connectivity index (χ0n) is 11.1. The van der Waals surface area contributed by atoms with E-state index in [-0.39, 0.29) is 0 Å². The largest absolute Gasteiger partial charge is 0.0890 e. The summed E-state index contributed by atoms with van der Waals surface area (Å²) < 4.78 is 0. The topological polar surface area (TPSA) is 0 Å². The summed E-state index contributed by atoms with van der Waals surface area (Å²) in [5.74, 6) is 1.66. The molecular weight excluding hydrogens is 284 g/mol. The molecule has 2 saturated carbocycles. The summed E-state index contributed by atoms with van der Waals surface area (Å²) in [7, 11) is 0. The van der Waals surface area contributed by atoms with Gasteiger partial charge in [0, 0.05) is 4.83 Å². The molecular formula is C17H23Br. The molecule has 2 aliphatic carbocycles. The average Bonchev–Trinajstić information content (AvgIpc) is 2.52. The molecule has 0 heterocycles. The lowest BCUT2D eigenvalue weighted by molar-refractivity contribution is 0.419. The fourth-order valence-corrected chi connectivity index (χ4v) is 4.19. The summed E-state index contributed by atoms with van der Waals surface area (Å²) in [6.07, 6.45) is 11.1. The first-order valence-electron chi connectivity index (χ1n) is 7.57. The van der Waals surface area contributed by atoms with Gasteiger partial charge in [0.15, 0.2) is 0 Å². The molecule has 0 N–H and O–H groups in total. The van der Waals surface area contributed by atoms with Crippen LogP contribution >= 0.6 is 15.9 Å². The van der Waals surface area contributed by atoms with E-state index in [9.17, 15) is 0 Å². The van der Waals surface area contributed by atoms with Gasteiger partial charge in [-0.1, -0.05) is 59.5 Å². The molecule has 2 atom stereocenters. The minimum atomic E-state index is 0.734. The third-order valence-corrected chi connectivity index (χ3v) is 5.65. The highest BCUT2D eigenvalue weighted by Crippen LogP contribution is 2.39. The van der Waals surface area contributed by atoms with Crippen LogP contribution in [0.2, 0.25) is 0 Å². The van der Waals surface area contributed by atoms with Crippen molar-refractivity contribution >= 4 is 15.9 Å². The molecule has 3 rings (SSSR count). The second kappa shape index (κ2) is 5.77. The van der Waals surface area contributed by atoms with Gasteiger partial charge in [0.2, 0.25) is 0 Å². The van der Waals surface area contributed by atoms with E-state index in [1.165, 1.54) is 51.4 Å². The van der Waals surface area contributed by atoms with Crippen LogP contribution in [0.3, 0.4) is 0 Å². The third kappa shape index (κ3) is 2.82. The zero-order valence-corrected chi connectivity index (χ0v) is 12.7. The Morgan fingerprint density at radius 1 is 0.833 bits per heavy atom. The van der Waals surface area contributed by atoms with Crippen molar-refractivity contribution in [3.05, 3.63) is 35.4 Å². The number of hydrogen-bond acceptors (Lipinski definition) is 0. The predicted octanol–water partition coefficient (Wildman–Crippen LogP) is 5.77. The molecule has 0 bridgehead atoms. The molecule has 2 aliphatic rings. The highest BCUT2D eigenvalue weighted by atomic mass is 79.9. The van der Waals surface area contributed by atoms with Crippen LogP contribution in [-0.4, -0.2) is 4.83 Å². The van der Waals surface area contributed by atoms with Crippen molar-refractivity contribution in [1.29, 1.82) is 0 Å². The van der Waals surface area contributed by atoms with E-state index in [2.05, 4.69) is 40.2 Å². The second-order valence-corrected chi connectivity index (χ2v) is 7.41. The van der Waals surface area contributed by atoms with E-state index in [4.69, 9.17) is 0 Å². The number of halogens is 1. The molecule has 2 fully saturated rings. The lowest BCUT2D eigenvalue weighted by Crippen LogP contribution is -2.10. The minimum Gasteiger partial charge on any atom is -0.0890 e. The Balaban J connectivity index is 1.77. The molecule has 0 saturated heterocycles. The Kier molecular flexibility index (Phi) is 4.08.